The van der Waals surface area contributed by atoms with Crippen LogP contribution < -0.4 is 19.5 Å². The van der Waals surface area contributed by atoms with Gasteiger partial charge in [0, 0.05) is 5.69 Å². The largest absolute Gasteiger partial charge is 0.493 e. The number of hydrogen-bond donors (Lipinski definition) is 1. The van der Waals surface area contributed by atoms with E-state index < -0.39 is 30.8 Å². The standard InChI is InChI=1S/C23H19F2NO6/c1-29-19-9-5-8-18(21(19)32-23(24)25)22(28)30-14-20(27)26-15-10-12-17(13-11-15)31-16-6-3-2-4-7-16/h2-13,23H,14H2,1H3,(H,26,27). The molecule has 0 aliphatic heterocycles. The van der Waals surface area contributed by atoms with E-state index in [0.717, 1.165) is 0 Å². The molecule has 7 nitrogen and oxygen atoms in total. The first-order valence-electron chi connectivity index (χ1n) is 9.38. The predicted molar refractivity (Wildman–Crippen MR) is 111 cm³/mol. The molecule has 0 aliphatic rings. The van der Waals surface area contributed by atoms with Crippen molar-refractivity contribution in [2.75, 3.05) is 19.0 Å². The lowest BCUT2D eigenvalue weighted by molar-refractivity contribution is -0.119. The molecule has 1 amide bonds. The van der Waals surface area contributed by atoms with Crippen LogP contribution in [0.1, 0.15) is 10.4 Å². The monoisotopic (exact) mass is 443 g/mol. The van der Waals surface area contributed by atoms with Crippen LogP contribution >= 0.6 is 0 Å². The van der Waals surface area contributed by atoms with Crippen molar-refractivity contribution in [1.82, 2.24) is 0 Å². The van der Waals surface area contributed by atoms with Crippen molar-refractivity contribution in [3.05, 3.63) is 78.4 Å². The third-order valence-electron chi connectivity index (χ3n) is 4.08. The maximum absolute atomic E-state index is 12.7. The molecule has 0 saturated heterocycles. The van der Waals surface area contributed by atoms with Crippen LogP contribution in [-0.4, -0.2) is 32.2 Å². The zero-order chi connectivity index (χ0) is 22.9. The van der Waals surface area contributed by atoms with Gasteiger partial charge in [-0.25, -0.2) is 4.79 Å². The van der Waals surface area contributed by atoms with Crippen molar-refractivity contribution in [2.24, 2.45) is 0 Å². The maximum atomic E-state index is 12.7. The van der Waals surface area contributed by atoms with Crippen LogP contribution in [-0.2, 0) is 9.53 Å². The second kappa shape index (κ2) is 10.8. The minimum Gasteiger partial charge on any atom is -0.493 e. The fraction of sp³-hybridized carbons (Fsp3) is 0.130. The summed E-state index contributed by atoms with van der Waals surface area (Å²) in [7, 11) is 1.24. The lowest BCUT2D eigenvalue weighted by atomic mass is 10.2. The van der Waals surface area contributed by atoms with Crippen molar-refractivity contribution in [2.45, 2.75) is 6.61 Å². The summed E-state index contributed by atoms with van der Waals surface area (Å²) in [5, 5.41) is 2.56. The molecule has 0 spiro atoms. The van der Waals surface area contributed by atoms with Gasteiger partial charge in [-0.2, -0.15) is 8.78 Å². The number of para-hydroxylation sites is 2. The van der Waals surface area contributed by atoms with Gasteiger partial charge < -0.3 is 24.3 Å². The van der Waals surface area contributed by atoms with Gasteiger partial charge in [0.25, 0.3) is 5.91 Å². The number of halogens is 2. The Bertz CT molecular complexity index is 1060. The molecule has 0 radical (unpaired) electrons. The summed E-state index contributed by atoms with van der Waals surface area (Å²) in [5.41, 5.74) is 0.162. The van der Waals surface area contributed by atoms with Crippen LogP contribution in [0.2, 0.25) is 0 Å². The highest BCUT2D eigenvalue weighted by Crippen LogP contribution is 2.33. The number of esters is 1. The molecule has 166 valence electrons. The zero-order valence-corrected chi connectivity index (χ0v) is 16.9. The SMILES string of the molecule is COc1cccc(C(=O)OCC(=O)Nc2ccc(Oc3ccccc3)cc2)c1OC(F)F. The molecule has 0 unspecified atom stereocenters. The second-order valence-electron chi connectivity index (χ2n) is 6.28. The van der Waals surface area contributed by atoms with Crippen LogP contribution in [0.4, 0.5) is 14.5 Å². The van der Waals surface area contributed by atoms with Gasteiger partial charge in [0.05, 0.1) is 7.11 Å². The first kappa shape index (κ1) is 22.5. The average molecular weight is 443 g/mol. The Labute approximate surface area is 182 Å². The number of nitrogens with one attached hydrogen (secondary N) is 1. The molecule has 3 aromatic carbocycles. The van der Waals surface area contributed by atoms with Crippen LogP contribution in [0.25, 0.3) is 0 Å². The van der Waals surface area contributed by atoms with Gasteiger partial charge in [0.15, 0.2) is 18.1 Å². The van der Waals surface area contributed by atoms with E-state index in [1.807, 2.05) is 30.3 Å². The highest BCUT2D eigenvalue weighted by atomic mass is 19.3. The van der Waals surface area contributed by atoms with Gasteiger partial charge in [-0.15, -0.1) is 0 Å². The minimum absolute atomic E-state index is 0.0676. The molecule has 32 heavy (non-hydrogen) atoms. The van der Waals surface area contributed by atoms with Crippen molar-refractivity contribution in [1.29, 1.82) is 0 Å². The number of amides is 1. The number of carbonyl (C=O) groups excluding carboxylic acids is 2. The molecule has 9 heteroatoms. The number of methoxy groups -OCH3 is 1. The van der Waals surface area contributed by atoms with E-state index in [2.05, 4.69) is 10.1 Å². The molecule has 0 aromatic heterocycles. The van der Waals surface area contributed by atoms with E-state index in [-0.39, 0.29) is 11.3 Å². The summed E-state index contributed by atoms with van der Waals surface area (Å²) in [6.45, 7) is -3.80. The van der Waals surface area contributed by atoms with E-state index in [1.165, 1.54) is 25.3 Å². The normalized spacial score (nSPS) is 10.4. The first-order chi connectivity index (χ1) is 15.5. The predicted octanol–water partition coefficient (Wildman–Crippen LogP) is 4.88. The molecule has 0 fully saturated rings. The van der Waals surface area contributed by atoms with Gasteiger partial charge in [-0.05, 0) is 48.5 Å². The van der Waals surface area contributed by atoms with Crippen LogP contribution in [0, 0.1) is 0 Å². The lowest BCUT2D eigenvalue weighted by Gasteiger charge is -2.14. The molecule has 1 N–H and O–H groups in total. The van der Waals surface area contributed by atoms with Crippen molar-refractivity contribution in [3.63, 3.8) is 0 Å². The van der Waals surface area contributed by atoms with Gasteiger partial charge in [0.1, 0.15) is 17.1 Å². The molecule has 0 aliphatic carbocycles. The smallest absolute Gasteiger partial charge is 0.387 e. The summed E-state index contributed by atoms with van der Waals surface area (Å²) >= 11 is 0. The molecule has 0 saturated carbocycles. The number of anilines is 1. The Hall–Kier alpha value is -4.14. The van der Waals surface area contributed by atoms with Gasteiger partial charge in [0.2, 0.25) is 0 Å². The van der Waals surface area contributed by atoms with Gasteiger partial charge in [-0.1, -0.05) is 24.3 Å². The summed E-state index contributed by atoms with van der Waals surface area (Å²) in [4.78, 5) is 24.4. The molecular formula is C23H19F2NO6. The fourth-order valence-corrected chi connectivity index (χ4v) is 2.68. The number of carbonyl (C=O) groups is 2. The van der Waals surface area contributed by atoms with E-state index >= 15 is 0 Å². The second-order valence-corrected chi connectivity index (χ2v) is 6.28. The molecule has 3 aromatic rings. The third-order valence-corrected chi connectivity index (χ3v) is 4.08. The highest BCUT2D eigenvalue weighted by Gasteiger charge is 2.22. The van der Waals surface area contributed by atoms with E-state index in [4.69, 9.17) is 14.2 Å². The Balaban J connectivity index is 1.56. The van der Waals surface area contributed by atoms with Crippen molar-refractivity contribution < 1.29 is 37.3 Å². The van der Waals surface area contributed by atoms with Gasteiger partial charge >= 0.3 is 12.6 Å². The summed E-state index contributed by atoms with van der Waals surface area (Å²) in [5.74, 6) is -0.920. The number of rotatable bonds is 9. The third kappa shape index (κ3) is 6.18. The highest BCUT2D eigenvalue weighted by molar-refractivity contribution is 5.97. The number of benzene rings is 3. The maximum Gasteiger partial charge on any atom is 0.387 e. The minimum atomic E-state index is -3.17. The Morgan fingerprint density at radius 3 is 2.25 bits per heavy atom. The topological polar surface area (TPSA) is 83.1 Å². The van der Waals surface area contributed by atoms with E-state index in [0.29, 0.717) is 17.2 Å². The summed E-state index contributed by atoms with van der Waals surface area (Å²) in [6, 6.07) is 19.7. The van der Waals surface area contributed by atoms with Crippen LogP contribution in [0.5, 0.6) is 23.0 Å². The molecule has 0 heterocycles. The Morgan fingerprint density at radius 1 is 0.906 bits per heavy atom. The molecule has 0 bridgehead atoms. The zero-order valence-electron chi connectivity index (χ0n) is 16.9. The summed E-state index contributed by atoms with van der Waals surface area (Å²) < 4.78 is 45.3. The Kier molecular flexibility index (Phi) is 7.58. The lowest BCUT2D eigenvalue weighted by Crippen LogP contribution is -2.21. The number of alkyl halides is 2. The quantitative estimate of drug-likeness (QED) is 0.475. The van der Waals surface area contributed by atoms with Crippen LogP contribution in [0.3, 0.4) is 0 Å². The molecular weight excluding hydrogens is 424 g/mol. The molecule has 0 atom stereocenters. The van der Waals surface area contributed by atoms with Crippen molar-refractivity contribution >= 4 is 17.6 Å². The fourth-order valence-electron chi connectivity index (χ4n) is 2.68. The Morgan fingerprint density at radius 2 is 1.59 bits per heavy atom. The first-order valence-corrected chi connectivity index (χ1v) is 9.38. The number of hydrogen-bond acceptors (Lipinski definition) is 6. The van der Waals surface area contributed by atoms with E-state index in [1.54, 1.807) is 24.3 Å². The van der Waals surface area contributed by atoms with Crippen LogP contribution in [0.15, 0.2) is 72.8 Å². The average Bonchev–Trinajstić information content (AvgIpc) is 2.79. The van der Waals surface area contributed by atoms with Gasteiger partial charge in [-0.3, -0.25) is 4.79 Å². The van der Waals surface area contributed by atoms with E-state index in [9.17, 15) is 18.4 Å². The molecule has 3 rings (SSSR count). The van der Waals surface area contributed by atoms with Crippen molar-refractivity contribution in [3.8, 4) is 23.0 Å². The number of ether oxygens (including phenoxy) is 4. The summed E-state index contributed by atoms with van der Waals surface area (Å²) in [6.07, 6.45) is 0.